The van der Waals surface area contributed by atoms with E-state index >= 15 is 0 Å². The molecule has 31 heavy (non-hydrogen) atoms. The highest BCUT2D eigenvalue weighted by Crippen LogP contribution is 2.25. The summed E-state index contributed by atoms with van der Waals surface area (Å²) in [5, 5.41) is 3.58. The van der Waals surface area contributed by atoms with Gasteiger partial charge < -0.3 is 14.5 Å². The van der Waals surface area contributed by atoms with Gasteiger partial charge in [0.25, 0.3) is 5.91 Å². The molecule has 2 heterocycles. The Morgan fingerprint density at radius 2 is 1.74 bits per heavy atom. The molecule has 0 atom stereocenters. The van der Waals surface area contributed by atoms with Crippen molar-refractivity contribution in [3.8, 4) is 5.75 Å². The Labute approximate surface area is 180 Å². The molecule has 0 aliphatic heterocycles. The van der Waals surface area contributed by atoms with Crippen LogP contribution in [-0.2, 0) is 0 Å². The quantitative estimate of drug-likeness (QED) is 0.496. The Morgan fingerprint density at radius 1 is 1.00 bits per heavy atom. The summed E-state index contributed by atoms with van der Waals surface area (Å²) in [6, 6.07) is 18.7. The van der Waals surface area contributed by atoms with Crippen LogP contribution in [0.1, 0.15) is 27.2 Å². The van der Waals surface area contributed by atoms with E-state index in [1.54, 1.807) is 19.2 Å². The summed E-state index contributed by atoms with van der Waals surface area (Å²) < 4.78 is 11.5. The van der Waals surface area contributed by atoms with Gasteiger partial charge in [-0.15, -0.1) is 0 Å². The fourth-order valence-electron chi connectivity index (χ4n) is 3.46. The first kappa shape index (κ1) is 20.3. The number of nitrogens with zero attached hydrogens (tertiary/aromatic N) is 2. The number of anilines is 1. The van der Waals surface area contributed by atoms with Gasteiger partial charge in [0.1, 0.15) is 11.4 Å². The number of carbonyl (C=O) groups is 1. The van der Waals surface area contributed by atoms with E-state index in [0.717, 1.165) is 22.2 Å². The number of amides is 1. The topological polar surface area (TPSA) is 76.7 Å². The Bertz CT molecular complexity index is 1340. The molecular weight excluding hydrogens is 390 g/mol. The zero-order valence-corrected chi connectivity index (χ0v) is 17.9. The maximum Gasteiger partial charge on any atom is 0.262 e. The van der Waals surface area contributed by atoms with Gasteiger partial charge in [0.15, 0.2) is 11.3 Å². The molecule has 1 N–H and O–H groups in total. The molecule has 6 heteroatoms. The number of aromatic nitrogens is 1. The highest BCUT2D eigenvalue weighted by Gasteiger charge is 2.15. The molecule has 2 aromatic heterocycles. The average molecular weight is 413 g/mol. The van der Waals surface area contributed by atoms with Crippen LogP contribution in [0.25, 0.3) is 11.0 Å². The van der Waals surface area contributed by atoms with Crippen LogP contribution in [-0.4, -0.2) is 18.0 Å². The van der Waals surface area contributed by atoms with Gasteiger partial charge in [0.05, 0.1) is 12.8 Å². The molecule has 0 saturated heterocycles. The molecule has 4 rings (SSSR count). The van der Waals surface area contributed by atoms with Crippen LogP contribution in [0.4, 0.5) is 11.5 Å². The summed E-state index contributed by atoms with van der Waals surface area (Å²) in [6.07, 6.45) is 0. The van der Waals surface area contributed by atoms with Gasteiger partial charge in [-0.3, -0.25) is 4.79 Å². The van der Waals surface area contributed by atoms with Crippen LogP contribution >= 0.6 is 0 Å². The average Bonchev–Trinajstić information content (AvgIpc) is 2.72. The predicted octanol–water partition coefficient (Wildman–Crippen LogP) is 5.25. The smallest absolute Gasteiger partial charge is 0.262 e. The number of ether oxygens (including phenoxy) is 1. The van der Waals surface area contributed by atoms with Crippen molar-refractivity contribution in [3.63, 3.8) is 0 Å². The van der Waals surface area contributed by atoms with Gasteiger partial charge >= 0.3 is 0 Å². The summed E-state index contributed by atoms with van der Waals surface area (Å²) in [5.74, 6) is 0.685. The number of aryl methyl sites for hydroxylation is 3. The van der Waals surface area contributed by atoms with Gasteiger partial charge in [-0.05, 0) is 68.3 Å². The molecule has 0 unspecified atom stereocenters. The second-order valence-corrected chi connectivity index (χ2v) is 7.42. The molecule has 0 aliphatic carbocycles. The minimum absolute atomic E-state index is 0.201. The standard InChI is InChI=1S/C25H23N3O3/c1-15-11-16(2)13-19(12-15)27-25-20(24(29)28-22-10-5-7-17(3)26-22)14-18-8-6-9-21(30-4)23(18)31-25/h5-14H,1-4H3,(H,26,28,29). The van der Waals surface area contributed by atoms with E-state index in [0.29, 0.717) is 28.4 Å². The fourth-order valence-corrected chi connectivity index (χ4v) is 3.46. The second kappa shape index (κ2) is 8.44. The highest BCUT2D eigenvalue weighted by molar-refractivity contribution is 6.05. The minimum atomic E-state index is -0.352. The Kier molecular flexibility index (Phi) is 5.54. The van der Waals surface area contributed by atoms with Gasteiger partial charge in [-0.1, -0.05) is 24.3 Å². The van der Waals surface area contributed by atoms with E-state index in [1.165, 1.54) is 0 Å². The fraction of sp³-hybridized carbons (Fsp3) is 0.160. The SMILES string of the molecule is COc1cccc2cc(C(=O)Nc3cccc(C)n3)c(=Nc3cc(C)cc(C)c3)oc12. The normalized spacial score (nSPS) is 11.5. The number of methoxy groups -OCH3 is 1. The van der Waals surface area contributed by atoms with Crippen molar-refractivity contribution in [2.45, 2.75) is 20.8 Å². The third-order valence-electron chi connectivity index (χ3n) is 4.77. The zero-order chi connectivity index (χ0) is 22.0. The molecule has 156 valence electrons. The zero-order valence-electron chi connectivity index (χ0n) is 17.9. The molecule has 0 fully saturated rings. The number of hydrogen-bond donors (Lipinski definition) is 1. The van der Waals surface area contributed by atoms with Crippen molar-refractivity contribution in [1.29, 1.82) is 0 Å². The number of pyridine rings is 1. The van der Waals surface area contributed by atoms with E-state index in [4.69, 9.17) is 9.15 Å². The summed E-state index contributed by atoms with van der Waals surface area (Å²) in [4.78, 5) is 22.2. The lowest BCUT2D eigenvalue weighted by atomic mass is 10.1. The van der Waals surface area contributed by atoms with Crippen molar-refractivity contribution >= 4 is 28.4 Å². The molecule has 1 amide bonds. The van der Waals surface area contributed by atoms with Crippen LogP contribution in [0.2, 0.25) is 0 Å². The molecule has 0 aliphatic rings. The van der Waals surface area contributed by atoms with Crippen LogP contribution in [0, 0.1) is 20.8 Å². The van der Waals surface area contributed by atoms with Gasteiger partial charge in [-0.2, -0.15) is 0 Å². The van der Waals surface area contributed by atoms with Gasteiger partial charge in [0.2, 0.25) is 5.55 Å². The van der Waals surface area contributed by atoms with Crippen molar-refractivity contribution in [2.24, 2.45) is 4.99 Å². The molecule has 0 spiro atoms. The van der Waals surface area contributed by atoms with Gasteiger partial charge in [-0.25, -0.2) is 9.98 Å². The summed E-state index contributed by atoms with van der Waals surface area (Å²) >= 11 is 0. The number of nitrogens with one attached hydrogen (secondary N) is 1. The molecule has 6 nitrogen and oxygen atoms in total. The van der Waals surface area contributed by atoms with Crippen molar-refractivity contribution < 1.29 is 13.9 Å². The lowest BCUT2D eigenvalue weighted by molar-refractivity contribution is 0.102. The second-order valence-electron chi connectivity index (χ2n) is 7.42. The highest BCUT2D eigenvalue weighted by atomic mass is 16.5. The summed E-state index contributed by atoms with van der Waals surface area (Å²) in [5.41, 5.74) is 4.71. The maximum atomic E-state index is 13.2. The van der Waals surface area contributed by atoms with Gasteiger partial charge in [0, 0.05) is 11.1 Å². The van der Waals surface area contributed by atoms with Crippen molar-refractivity contribution in [1.82, 2.24) is 4.98 Å². The largest absolute Gasteiger partial charge is 0.493 e. The lowest BCUT2D eigenvalue weighted by Crippen LogP contribution is -2.22. The first-order chi connectivity index (χ1) is 14.9. The predicted molar refractivity (Wildman–Crippen MR) is 121 cm³/mol. The van der Waals surface area contributed by atoms with Crippen LogP contribution in [0.15, 0.2) is 70.1 Å². The first-order valence-electron chi connectivity index (χ1n) is 9.92. The van der Waals surface area contributed by atoms with E-state index < -0.39 is 0 Å². The lowest BCUT2D eigenvalue weighted by Gasteiger charge is -2.09. The monoisotopic (exact) mass is 413 g/mol. The molecule has 0 bridgehead atoms. The van der Waals surface area contributed by atoms with E-state index in [9.17, 15) is 4.79 Å². The van der Waals surface area contributed by atoms with Crippen LogP contribution in [0.3, 0.4) is 0 Å². The number of fused-ring (bicyclic) bond motifs is 1. The Morgan fingerprint density at radius 3 is 2.45 bits per heavy atom. The van der Waals surface area contributed by atoms with Crippen LogP contribution < -0.4 is 15.6 Å². The molecule has 0 radical (unpaired) electrons. The number of carbonyl (C=O) groups excluding carboxylic acids is 1. The Balaban J connectivity index is 1.90. The third kappa shape index (κ3) is 4.48. The Hall–Kier alpha value is -3.93. The maximum absolute atomic E-state index is 13.2. The van der Waals surface area contributed by atoms with Crippen LogP contribution in [0.5, 0.6) is 5.75 Å². The molecule has 4 aromatic rings. The minimum Gasteiger partial charge on any atom is -0.493 e. The number of benzene rings is 2. The third-order valence-corrected chi connectivity index (χ3v) is 4.77. The van der Waals surface area contributed by atoms with Crippen molar-refractivity contribution in [3.05, 3.63) is 88.6 Å². The summed E-state index contributed by atoms with van der Waals surface area (Å²) in [6.45, 7) is 5.88. The van der Waals surface area contributed by atoms with E-state index in [-0.39, 0.29) is 11.5 Å². The summed E-state index contributed by atoms with van der Waals surface area (Å²) in [7, 11) is 1.58. The first-order valence-corrected chi connectivity index (χ1v) is 9.92. The van der Waals surface area contributed by atoms with E-state index in [2.05, 4.69) is 21.4 Å². The molecule has 2 aromatic carbocycles. The van der Waals surface area contributed by atoms with Crippen molar-refractivity contribution in [2.75, 3.05) is 12.4 Å². The molecular formula is C25H23N3O3. The number of para-hydroxylation sites is 1. The molecule has 0 saturated carbocycles. The number of hydrogen-bond acceptors (Lipinski definition) is 5. The van der Waals surface area contributed by atoms with E-state index in [1.807, 2.05) is 63.2 Å². The number of rotatable bonds is 4.